The van der Waals surface area contributed by atoms with Crippen LogP contribution in [0.1, 0.15) is 20.7 Å². The summed E-state index contributed by atoms with van der Waals surface area (Å²) in [7, 11) is 2.00. The molecule has 1 fully saturated rings. The van der Waals surface area contributed by atoms with Crippen LogP contribution in [0.3, 0.4) is 0 Å². The van der Waals surface area contributed by atoms with Crippen molar-refractivity contribution in [3.05, 3.63) is 59.8 Å². The molecule has 0 radical (unpaired) electrons. The van der Waals surface area contributed by atoms with Gasteiger partial charge in [-0.15, -0.1) is 13.2 Å². The molecular formula is C24H23F3N6O4. The smallest absolute Gasteiger partial charge is 0.478 e. The molecule has 2 heterocycles. The number of hydrogen-bond donors (Lipinski definition) is 3. The van der Waals surface area contributed by atoms with Crippen molar-refractivity contribution in [3.63, 3.8) is 0 Å². The second-order valence-corrected chi connectivity index (χ2v) is 8.34. The van der Waals surface area contributed by atoms with Crippen LogP contribution in [-0.4, -0.2) is 71.4 Å². The number of aromatic nitrogens is 2. The molecular weight excluding hydrogens is 493 g/mol. The Morgan fingerprint density at radius 1 is 1.05 bits per heavy atom. The molecule has 0 aliphatic carbocycles. The summed E-state index contributed by atoms with van der Waals surface area (Å²) in [4.78, 5) is 35.7. The minimum atomic E-state index is -4.91. The first-order valence-electron chi connectivity index (χ1n) is 11.1. The number of piperazine rings is 1. The third-order valence-corrected chi connectivity index (χ3v) is 5.77. The van der Waals surface area contributed by atoms with Crippen LogP contribution in [0.4, 0.5) is 30.5 Å². The van der Waals surface area contributed by atoms with Crippen molar-refractivity contribution in [1.82, 2.24) is 14.9 Å². The van der Waals surface area contributed by atoms with E-state index in [-0.39, 0.29) is 28.5 Å². The van der Waals surface area contributed by atoms with Gasteiger partial charge in [0.25, 0.3) is 0 Å². The zero-order valence-electron chi connectivity index (χ0n) is 19.6. The van der Waals surface area contributed by atoms with Crippen LogP contribution in [-0.2, 0) is 0 Å². The molecule has 13 heteroatoms. The minimum absolute atomic E-state index is 0.00459. The number of carbonyl (C=O) groups is 2. The number of aromatic carboxylic acids is 1. The molecule has 0 saturated carbocycles. The second-order valence-electron chi connectivity index (χ2n) is 8.34. The zero-order chi connectivity index (χ0) is 26.7. The first-order valence-corrected chi connectivity index (χ1v) is 11.1. The van der Waals surface area contributed by atoms with Gasteiger partial charge < -0.3 is 30.7 Å². The Bertz CT molecular complexity index is 1330. The van der Waals surface area contributed by atoms with Gasteiger partial charge in [0.05, 0.1) is 22.5 Å². The topological polar surface area (TPSA) is 134 Å². The molecule has 1 saturated heterocycles. The summed E-state index contributed by atoms with van der Waals surface area (Å²) >= 11 is 0. The van der Waals surface area contributed by atoms with E-state index in [4.69, 9.17) is 5.73 Å². The number of halogens is 3. The van der Waals surface area contributed by atoms with E-state index in [9.17, 15) is 27.9 Å². The van der Waals surface area contributed by atoms with E-state index < -0.39 is 24.0 Å². The number of benzene rings is 2. The Morgan fingerprint density at radius 2 is 1.78 bits per heavy atom. The van der Waals surface area contributed by atoms with Crippen LogP contribution in [0.15, 0.2) is 48.7 Å². The summed E-state index contributed by atoms with van der Waals surface area (Å²) in [5.74, 6) is -2.74. The van der Waals surface area contributed by atoms with Gasteiger partial charge in [-0.2, -0.15) is 0 Å². The van der Waals surface area contributed by atoms with Gasteiger partial charge >= 0.3 is 12.3 Å². The lowest BCUT2D eigenvalue weighted by Crippen LogP contribution is -2.44. The average Bonchev–Trinajstić information content (AvgIpc) is 2.84. The summed E-state index contributed by atoms with van der Waals surface area (Å²) in [5.41, 5.74) is 6.20. The Kier molecular flexibility index (Phi) is 7.16. The lowest BCUT2D eigenvalue weighted by molar-refractivity contribution is -0.274. The largest absolute Gasteiger partial charge is 0.573 e. The van der Waals surface area contributed by atoms with Crippen molar-refractivity contribution in [3.8, 4) is 17.0 Å². The molecule has 1 aromatic heterocycles. The van der Waals surface area contributed by atoms with Crippen molar-refractivity contribution >= 4 is 29.2 Å². The van der Waals surface area contributed by atoms with Crippen molar-refractivity contribution in [2.24, 2.45) is 5.73 Å². The van der Waals surface area contributed by atoms with E-state index in [0.717, 1.165) is 13.1 Å². The Hall–Kier alpha value is -4.39. The minimum Gasteiger partial charge on any atom is -0.478 e. The second kappa shape index (κ2) is 10.3. The first-order chi connectivity index (χ1) is 17.5. The number of likely N-dealkylation sites (N-methyl/N-ethyl adjacent to an activating group) is 1. The molecule has 10 nitrogen and oxygen atoms in total. The van der Waals surface area contributed by atoms with Crippen LogP contribution < -0.4 is 20.7 Å². The van der Waals surface area contributed by atoms with Crippen molar-refractivity contribution in [1.29, 1.82) is 0 Å². The number of hydrogen-bond acceptors (Lipinski definition) is 8. The van der Waals surface area contributed by atoms with Gasteiger partial charge in [-0.1, -0.05) is 6.07 Å². The van der Waals surface area contributed by atoms with Gasteiger partial charge in [-0.05, 0) is 43.4 Å². The molecule has 1 amide bonds. The number of anilines is 3. The predicted molar refractivity (Wildman–Crippen MR) is 129 cm³/mol. The maximum absolute atomic E-state index is 13.1. The van der Waals surface area contributed by atoms with Gasteiger partial charge in [0.2, 0.25) is 11.9 Å². The Morgan fingerprint density at radius 3 is 2.43 bits per heavy atom. The summed E-state index contributed by atoms with van der Waals surface area (Å²) in [6.45, 7) is 3.03. The Labute approximate surface area is 209 Å². The summed E-state index contributed by atoms with van der Waals surface area (Å²) < 4.78 is 43.4. The van der Waals surface area contributed by atoms with Gasteiger partial charge in [0.15, 0.2) is 5.75 Å². The van der Waals surface area contributed by atoms with Crippen LogP contribution >= 0.6 is 0 Å². The van der Waals surface area contributed by atoms with Crippen molar-refractivity contribution < 1.29 is 32.6 Å². The lowest BCUT2D eigenvalue weighted by atomic mass is 10.0. The summed E-state index contributed by atoms with van der Waals surface area (Å²) in [6.07, 6.45) is -3.54. The van der Waals surface area contributed by atoms with Crippen molar-refractivity contribution in [2.45, 2.75) is 6.36 Å². The highest BCUT2D eigenvalue weighted by Crippen LogP contribution is 2.35. The van der Waals surface area contributed by atoms with Gasteiger partial charge in [-0.3, -0.25) is 4.79 Å². The third-order valence-electron chi connectivity index (χ3n) is 5.77. The first kappa shape index (κ1) is 25.7. The number of carbonyl (C=O) groups excluding carboxylic acids is 1. The highest BCUT2D eigenvalue weighted by Gasteiger charge is 2.32. The number of carboxylic acids is 1. The molecule has 1 aliphatic heterocycles. The molecule has 0 bridgehead atoms. The highest BCUT2D eigenvalue weighted by atomic mass is 19.4. The average molecular weight is 516 g/mol. The molecule has 0 unspecified atom stereocenters. The summed E-state index contributed by atoms with van der Waals surface area (Å²) in [6, 6.07) is 9.77. The molecule has 4 N–H and O–H groups in total. The number of ether oxygens (including phenoxy) is 1. The van der Waals surface area contributed by atoms with Crippen LogP contribution in [0.5, 0.6) is 5.75 Å². The standard InChI is InChI=1S/C24H23F3N6O4/c1-32-8-10-33(11-9-32)15-3-5-20(37-24(25,26)27)19(13-15)31-23-29-7-6-18(30-23)14-2-4-16(22(35)36)17(12-14)21(28)34/h2-7,12-13H,8-11H2,1H3,(H2,28,34)(H,35,36)(H,29,30,31). The fourth-order valence-corrected chi connectivity index (χ4v) is 3.88. The zero-order valence-corrected chi connectivity index (χ0v) is 19.6. The van der Waals surface area contributed by atoms with E-state index in [1.165, 1.54) is 42.6 Å². The number of nitrogens with one attached hydrogen (secondary N) is 1. The number of amides is 1. The van der Waals surface area contributed by atoms with E-state index in [1.54, 1.807) is 6.07 Å². The van der Waals surface area contributed by atoms with E-state index in [1.807, 2.05) is 7.05 Å². The summed E-state index contributed by atoms with van der Waals surface area (Å²) in [5, 5.41) is 12.1. The van der Waals surface area contributed by atoms with Crippen LogP contribution in [0, 0.1) is 0 Å². The monoisotopic (exact) mass is 516 g/mol. The maximum atomic E-state index is 13.1. The number of carboxylic acid groups (broad SMARTS) is 1. The predicted octanol–water partition coefficient (Wildman–Crippen LogP) is 3.33. The van der Waals surface area contributed by atoms with Gasteiger partial charge in [-0.25, -0.2) is 14.8 Å². The maximum Gasteiger partial charge on any atom is 0.573 e. The van der Waals surface area contributed by atoms with E-state index in [2.05, 4.69) is 29.8 Å². The molecule has 37 heavy (non-hydrogen) atoms. The van der Waals surface area contributed by atoms with E-state index >= 15 is 0 Å². The molecule has 4 rings (SSSR count). The molecule has 0 atom stereocenters. The number of alkyl halides is 3. The molecule has 3 aromatic rings. The highest BCUT2D eigenvalue weighted by molar-refractivity contribution is 6.05. The van der Waals surface area contributed by atoms with Crippen molar-refractivity contribution in [2.75, 3.05) is 43.4 Å². The number of nitrogens with two attached hydrogens (primary N) is 1. The molecule has 2 aromatic carbocycles. The normalized spacial score (nSPS) is 14.3. The molecule has 0 spiro atoms. The number of rotatable bonds is 7. The van der Waals surface area contributed by atoms with Crippen LogP contribution in [0.25, 0.3) is 11.3 Å². The van der Waals surface area contributed by atoms with Gasteiger partial charge in [0.1, 0.15) is 0 Å². The van der Waals surface area contributed by atoms with E-state index in [0.29, 0.717) is 24.3 Å². The lowest BCUT2D eigenvalue weighted by Gasteiger charge is -2.34. The number of primary amides is 1. The molecule has 194 valence electrons. The fraction of sp³-hybridized carbons (Fsp3) is 0.250. The fourth-order valence-electron chi connectivity index (χ4n) is 3.88. The quantitative estimate of drug-likeness (QED) is 0.432. The SMILES string of the molecule is CN1CCN(c2ccc(OC(F)(F)F)c(Nc3nccc(-c4ccc(C(=O)O)c(C(N)=O)c4)n3)c2)CC1. The van der Waals surface area contributed by atoms with Gasteiger partial charge in [0, 0.05) is 43.6 Å². The third kappa shape index (κ3) is 6.25. The molecule has 1 aliphatic rings. The number of nitrogens with zero attached hydrogens (tertiary/aromatic N) is 4. The van der Waals surface area contributed by atoms with Crippen LogP contribution in [0.2, 0.25) is 0 Å². The Balaban J connectivity index is 1.67.